The van der Waals surface area contributed by atoms with Crippen molar-refractivity contribution in [3.05, 3.63) is 88.9 Å². The number of benzene rings is 3. The summed E-state index contributed by atoms with van der Waals surface area (Å²) < 4.78 is 81.8. The fraction of sp³-hybridized carbons (Fsp3) is 0.321. The number of para-hydroxylation sites is 1. The second-order valence-electron chi connectivity index (χ2n) is 10.2. The van der Waals surface area contributed by atoms with Crippen LogP contribution in [0.5, 0.6) is 0 Å². The van der Waals surface area contributed by atoms with Gasteiger partial charge in [0.2, 0.25) is 0 Å². The summed E-state index contributed by atoms with van der Waals surface area (Å²) in [6.45, 7) is 6.29. The quantitative estimate of drug-likeness (QED) is 0.328. The van der Waals surface area contributed by atoms with Gasteiger partial charge in [-0.25, -0.2) is 0 Å². The molecule has 3 nitrogen and oxygen atoms in total. The summed E-state index contributed by atoms with van der Waals surface area (Å²) in [7, 11) is 0. The number of nitrogens with zero attached hydrogens (tertiary/aromatic N) is 2. The van der Waals surface area contributed by atoms with E-state index in [1.54, 1.807) is 30.3 Å². The van der Waals surface area contributed by atoms with Crippen molar-refractivity contribution in [3.63, 3.8) is 0 Å². The number of hydrogen-bond donors (Lipinski definition) is 1. The molecule has 202 valence electrons. The molecule has 1 N–H and O–H groups in total. The average molecular weight is 555 g/mol. The smallest absolute Gasteiger partial charge is 0.369 e. The third-order valence-corrected chi connectivity index (χ3v) is 6.95. The maximum absolute atomic E-state index is 13.6. The normalized spacial score (nSPS) is 17.1. The summed E-state index contributed by atoms with van der Waals surface area (Å²) in [5.41, 5.74) is -3.20. The first kappa shape index (κ1) is 28.0. The Kier molecular flexibility index (Phi) is 7.08. The van der Waals surface area contributed by atoms with Gasteiger partial charge in [0, 0.05) is 6.42 Å². The molecule has 1 atom stereocenters. The van der Waals surface area contributed by atoms with E-state index < -0.39 is 36.1 Å². The van der Waals surface area contributed by atoms with Crippen LogP contribution in [0.15, 0.2) is 77.9 Å². The molecule has 1 aliphatic rings. The van der Waals surface area contributed by atoms with Gasteiger partial charge in [0.25, 0.3) is 5.60 Å². The fourth-order valence-electron chi connectivity index (χ4n) is 4.40. The van der Waals surface area contributed by atoms with Crippen LogP contribution in [0.3, 0.4) is 0 Å². The lowest BCUT2D eigenvalue weighted by Crippen LogP contribution is -2.62. The van der Waals surface area contributed by atoms with Crippen molar-refractivity contribution < 1.29 is 31.4 Å². The van der Waals surface area contributed by atoms with E-state index in [0.29, 0.717) is 5.56 Å². The highest BCUT2D eigenvalue weighted by atomic mass is 35.5. The molecule has 0 amide bonds. The molecule has 0 saturated heterocycles. The van der Waals surface area contributed by atoms with Crippen molar-refractivity contribution >= 4 is 23.0 Å². The fourth-order valence-corrected chi connectivity index (χ4v) is 4.62. The maximum atomic E-state index is 13.6. The molecule has 3 aromatic carbocycles. The van der Waals surface area contributed by atoms with Gasteiger partial charge in [-0.15, -0.1) is 0 Å². The van der Waals surface area contributed by atoms with Gasteiger partial charge < -0.3 is 5.11 Å². The van der Waals surface area contributed by atoms with Crippen molar-refractivity contribution in [2.75, 3.05) is 5.01 Å². The standard InChI is InChI=1S/C28H25ClF6N2O/c1-25(2,3)20-14-12-18(13-15-20)17-8-10-19(11-9-17)23-16-24(26(38,27(30,31)32)28(33,34)35)36-37(23)22-7-5-4-6-21(22)29/h4-15,23,38H,16H2,1-3H3. The van der Waals surface area contributed by atoms with E-state index in [2.05, 4.69) is 25.9 Å². The topological polar surface area (TPSA) is 35.8 Å². The number of hydrogen-bond acceptors (Lipinski definition) is 3. The summed E-state index contributed by atoms with van der Waals surface area (Å²) in [6, 6.07) is 19.6. The van der Waals surface area contributed by atoms with E-state index in [-0.39, 0.29) is 16.1 Å². The highest BCUT2D eigenvalue weighted by Crippen LogP contribution is 2.49. The second kappa shape index (κ2) is 9.61. The summed E-state index contributed by atoms with van der Waals surface area (Å²) in [4.78, 5) is 0. The molecule has 0 aromatic heterocycles. The zero-order valence-electron chi connectivity index (χ0n) is 20.7. The van der Waals surface area contributed by atoms with E-state index in [1.807, 2.05) is 24.3 Å². The van der Waals surface area contributed by atoms with Gasteiger partial charge in [-0.3, -0.25) is 5.01 Å². The summed E-state index contributed by atoms with van der Waals surface area (Å²) >= 11 is 6.23. The zero-order chi connectivity index (χ0) is 28.1. The van der Waals surface area contributed by atoms with Crippen molar-refractivity contribution in [1.82, 2.24) is 0 Å². The molecule has 1 heterocycles. The molecular weight excluding hydrogens is 530 g/mol. The largest absolute Gasteiger partial charge is 0.431 e. The van der Waals surface area contributed by atoms with Gasteiger partial charge in [-0.2, -0.15) is 31.4 Å². The Morgan fingerprint density at radius 2 is 1.29 bits per heavy atom. The Morgan fingerprint density at radius 1 is 0.789 bits per heavy atom. The summed E-state index contributed by atoms with van der Waals surface area (Å²) in [5, 5.41) is 14.8. The average Bonchev–Trinajstić information content (AvgIpc) is 3.27. The molecule has 0 saturated carbocycles. The van der Waals surface area contributed by atoms with Crippen LogP contribution in [0.4, 0.5) is 32.0 Å². The molecule has 0 spiro atoms. The van der Waals surface area contributed by atoms with Gasteiger partial charge in [-0.1, -0.05) is 93.0 Å². The van der Waals surface area contributed by atoms with Gasteiger partial charge in [0.15, 0.2) is 0 Å². The number of rotatable bonds is 4. The van der Waals surface area contributed by atoms with Gasteiger partial charge in [0.1, 0.15) is 0 Å². The Balaban J connectivity index is 1.74. The van der Waals surface area contributed by atoms with Crippen LogP contribution in [-0.2, 0) is 5.41 Å². The lowest BCUT2D eigenvalue weighted by Gasteiger charge is -2.32. The van der Waals surface area contributed by atoms with Gasteiger partial charge in [0.05, 0.1) is 22.5 Å². The maximum Gasteiger partial charge on any atom is 0.431 e. The highest BCUT2D eigenvalue weighted by Gasteiger charge is 2.74. The Labute approximate surface area is 221 Å². The first-order valence-corrected chi connectivity index (χ1v) is 12.1. The molecule has 0 bridgehead atoms. The number of halogens is 7. The predicted octanol–water partition coefficient (Wildman–Crippen LogP) is 8.47. The van der Waals surface area contributed by atoms with Crippen molar-refractivity contribution in [3.8, 4) is 11.1 Å². The number of anilines is 1. The van der Waals surface area contributed by atoms with E-state index in [9.17, 15) is 31.4 Å². The zero-order valence-corrected chi connectivity index (χ0v) is 21.5. The van der Waals surface area contributed by atoms with Crippen LogP contribution in [0.1, 0.15) is 44.4 Å². The van der Waals surface area contributed by atoms with E-state index in [0.717, 1.165) is 21.7 Å². The number of hydrazone groups is 1. The van der Waals surface area contributed by atoms with Crippen molar-refractivity contribution in [1.29, 1.82) is 0 Å². The SMILES string of the molecule is CC(C)(C)c1ccc(-c2ccc(C3CC(C(O)(C(F)(F)F)C(F)(F)F)=NN3c3ccccc3Cl)cc2)cc1. The molecular formula is C28H25ClF6N2O. The third-order valence-electron chi connectivity index (χ3n) is 6.63. The first-order chi connectivity index (χ1) is 17.5. The summed E-state index contributed by atoms with van der Waals surface area (Å²) in [6.07, 6.45) is -12.9. The van der Waals surface area contributed by atoms with Crippen molar-refractivity contribution in [2.45, 2.75) is 56.6 Å². The first-order valence-electron chi connectivity index (χ1n) is 11.7. The van der Waals surface area contributed by atoms with Crippen LogP contribution < -0.4 is 5.01 Å². The van der Waals surface area contributed by atoms with E-state index in [4.69, 9.17) is 11.6 Å². The van der Waals surface area contributed by atoms with E-state index >= 15 is 0 Å². The van der Waals surface area contributed by atoms with Crippen LogP contribution in [0.2, 0.25) is 5.02 Å². The second-order valence-corrected chi connectivity index (χ2v) is 10.6. The lowest BCUT2D eigenvalue weighted by molar-refractivity contribution is -0.338. The molecule has 0 aliphatic carbocycles. The third kappa shape index (κ3) is 5.01. The molecule has 0 fully saturated rings. The van der Waals surface area contributed by atoms with Crippen LogP contribution in [-0.4, -0.2) is 28.8 Å². The molecule has 10 heteroatoms. The Morgan fingerprint density at radius 3 is 1.76 bits per heavy atom. The summed E-state index contributed by atoms with van der Waals surface area (Å²) in [5.74, 6) is 0. The van der Waals surface area contributed by atoms with Crippen LogP contribution >= 0.6 is 11.6 Å². The number of aliphatic hydroxyl groups is 1. The molecule has 1 unspecified atom stereocenters. The van der Waals surface area contributed by atoms with Crippen molar-refractivity contribution in [2.24, 2.45) is 5.10 Å². The van der Waals surface area contributed by atoms with E-state index in [1.165, 1.54) is 18.2 Å². The Hall–Kier alpha value is -3.04. The van der Waals surface area contributed by atoms with Gasteiger partial charge in [-0.05, 0) is 39.8 Å². The molecule has 1 aliphatic heterocycles. The highest BCUT2D eigenvalue weighted by molar-refractivity contribution is 6.33. The lowest BCUT2D eigenvalue weighted by atomic mass is 9.86. The molecule has 38 heavy (non-hydrogen) atoms. The minimum Gasteiger partial charge on any atom is -0.369 e. The number of alkyl halides is 6. The minimum atomic E-state index is -6.03. The monoisotopic (exact) mass is 554 g/mol. The van der Waals surface area contributed by atoms with Crippen LogP contribution in [0.25, 0.3) is 11.1 Å². The molecule has 4 rings (SSSR count). The molecule has 0 radical (unpaired) electrons. The molecule has 3 aromatic rings. The van der Waals surface area contributed by atoms with Gasteiger partial charge >= 0.3 is 12.4 Å². The predicted molar refractivity (Wildman–Crippen MR) is 136 cm³/mol. The van der Waals surface area contributed by atoms with Crippen LogP contribution in [0, 0.1) is 0 Å². The Bertz CT molecular complexity index is 1310. The minimum absolute atomic E-state index is 0.0283.